The van der Waals surface area contributed by atoms with Crippen LogP contribution in [0.4, 0.5) is 10.5 Å². The Morgan fingerprint density at radius 1 is 1.00 bits per heavy atom. The molecule has 5 nitrogen and oxygen atoms in total. The van der Waals surface area contributed by atoms with Gasteiger partial charge in [0.25, 0.3) is 0 Å². The molecule has 0 radical (unpaired) electrons. The molecule has 0 saturated carbocycles. The van der Waals surface area contributed by atoms with Crippen molar-refractivity contribution in [2.75, 3.05) is 18.4 Å². The molecule has 1 heterocycles. The summed E-state index contributed by atoms with van der Waals surface area (Å²) in [6.07, 6.45) is -1.26. The van der Waals surface area contributed by atoms with Crippen LogP contribution in [-0.4, -0.2) is 46.4 Å². The van der Waals surface area contributed by atoms with E-state index < -0.39 is 12.2 Å². The van der Waals surface area contributed by atoms with Gasteiger partial charge in [-0.05, 0) is 18.1 Å². The minimum atomic E-state index is -0.890. The Morgan fingerprint density at radius 3 is 2.43 bits per heavy atom. The lowest BCUT2D eigenvalue weighted by Gasteiger charge is -2.33. The van der Waals surface area contributed by atoms with Crippen LogP contribution in [0, 0.1) is 0 Å². The van der Waals surface area contributed by atoms with Crippen molar-refractivity contribution in [2.45, 2.75) is 18.6 Å². The van der Waals surface area contributed by atoms with Crippen molar-refractivity contribution in [3.05, 3.63) is 54.6 Å². The highest BCUT2D eigenvalue weighted by Crippen LogP contribution is 2.28. The largest absolute Gasteiger partial charge is 0.390 e. The quantitative estimate of drug-likeness (QED) is 0.797. The molecule has 2 aromatic carbocycles. The van der Waals surface area contributed by atoms with Crippen LogP contribution in [0.2, 0.25) is 0 Å². The van der Waals surface area contributed by atoms with Crippen molar-refractivity contribution in [2.24, 2.45) is 0 Å². The SMILES string of the molecule is O=C(Nc1ccccc1-c1ccccc1)N1CC[C@@H](O)[C@H](O)C1. The molecule has 1 aliphatic rings. The normalized spacial score (nSPS) is 21.0. The first-order chi connectivity index (χ1) is 11.1. The maximum atomic E-state index is 12.4. The maximum absolute atomic E-state index is 12.4. The van der Waals surface area contributed by atoms with Gasteiger partial charge in [0.1, 0.15) is 0 Å². The van der Waals surface area contributed by atoms with E-state index in [1.165, 1.54) is 4.90 Å². The summed E-state index contributed by atoms with van der Waals surface area (Å²) < 4.78 is 0. The Hall–Kier alpha value is -2.37. The minimum absolute atomic E-state index is 0.139. The van der Waals surface area contributed by atoms with Gasteiger partial charge in [0.15, 0.2) is 0 Å². The number of β-amino-alcohol motifs (C(OH)–C–C–N with tert-alkyl or cyclic N) is 1. The molecule has 3 rings (SSSR count). The molecular formula is C18H20N2O3. The molecule has 1 fully saturated rings. The zero-order chi connectivity index (χ0) is 16.2. The predicted molar refractivity (Wildman–Crippen MR) is 89.1 cm³/mol. The summed E-state index contributed by atoms with van der Waals surface area (Å²) in [5.41, 5.74) is 2.70. The van der Waals surface area contributed by atoms with Crippen LogP contribution in [-0.2, 0) is 0 Å². The molecule has 23 heavy (non-hydrogen) atoms. The van der Waals surface area contributed by atoms with Crippen LogP contribution in [0.3, 0.4) is 0 Å². The van der Waals surface area contributed by atoms with E-state index in [-0.39, 0.29) is 12.6 Å². The molecule has 120 valence electrons. The van der Waals surface area contributed by atoms with E-state index in [2.05, 4.69) is 5.32 Å². The van der Waals surface area contributed by atoms with Crippen molar-refractivity contribution >= 4 is 11.7 Å². The zero-order valence-electron chi connectivity index (χ0n) is 12.7. The van der Waals surface area contributed by atoms with E-state index in [1.807, 2.05) is 54.6 Å². The second kappa shape index (κ2) is 6.81. The van der Waals surface area contributed by atoms with E-state index in [1.54, 1.807) is 0 Å². The fourth-order valence-electron chi connectivity index (χ4n) is 2.76. The predicted octanol–water partition coefficient (Wildman–Crippen LogP) is 2.31. The highest BCUT2D eigenvalue weighted by Gasteiger charge is 2.28. The van der Waals surface area contributed by atoms with E-state index in [4.69, 9.17) is 0 Å². The number of hydrogen-bond acceptors (Lipinski definition) is 3. The number of aliphatic hydroxyl groups excluding tert-OH is 2. The van der Waals surface area contributed by atoms with Crippen molar-refractivity contribution in [1.82, 2.24) is 4.90 Å². The third-order valence-electron chi connectivity index (χ3n) is 4.09. The number of nitrogens with one attached hydrogen (secondary N) is 1. The van der Waals surface area contributed by atoms with Crippen LogP contribution < -0.4 is 5.32 Å². The van der Waals surface area contributed by atoms with E-state index in [0.29, 0.717) is 13.0 Å². The summed E-state index contributed by atoms with van der Waals surface area (Å²) in [6.45, 7) is 0.568. The number of rotatable bonds is 2. The number of piperidine rings is 1. The fourth-order valence-corrected chi connectivity index (χ4v) is 2.76. The van der Waals surface area contributed by atoms with Gasteiger partial charge >= 0.3 is 6.03 Å². The summed E-state index contributed by atoms with van der Waals surface area (Å²) in [5, 5.41) is 22.2. The Morgan fingerprint density at radius 2 is 1.70 bits per heavy atom. The number of carbonyl (C=O) groups excluding carboxylic acids is 1. The Bertz CT molecular complexity index is 675. The van der Waals surface area contributed by atoms with Gasteiger partial charge in [-0.25, -0.2) is 4.79 Å². The smallest absolute Gasteiger partial charge is 0.321 e. The summed E-state index contributed by atoms with van der Waals surface area (Å²) in [7, 11) is 0. The van der Waals surface area contributed by atoms with Crippen molar-refractivity contribution in [1.29, 1.82) is 0 Å². The molecule has 0 unspecified atom stereocenters. The fraction of sp³-hybridized carbons (Fsp3) is 0.278. The van der Waals surface area contributed by atoms with E-state index >= 15 is 0 Å². The summed E-state index contributed by atoms with van der Waals surface area (Å²) in [6, 6.07) is 17.2. The standard InChI is InChI=1S/C18H20N2O3/c21-16-10-11-20(12-17(16)22)18(23)19-15-9-5-4-8-14(15)13-6-2-1-3-7-13/h1-9,16-17,21-22H,10-12H2,(H,19,23)/t16-,17-/m1/s1. The third-order valence-corrected chi connectivity index (χ3v) is 4.09. The van der Waals surface area contributed by atoms with E-state index in [0.717, 1.165) is 16.8 Å². The van der Waals surface area contributed by atoms with Gasteiger partial charge in [-0.1, -0.05) is 48.5 Å². The summed E-state index contributed by atoms with van der Waals surface area (Å²) in [5.74, 6) is 0. The molecule has 0 aromatic heterocycles. The number of benzene rings is 2. The van der Waals surface area contributed by atoms with Gasteiger partial charge in [0, 0.05) is 12.1 Å². The lowest BCUT2D eigenvalue weighted by molar-refractivity contribution is -0.0263. The first kappa shape index (κ1) is 15.5. The Balaban J connectivity index is 1.77. The molecule has 0 spiro atoms. The monoisotopic (exact) mass is 312 g/mol. The molecule has 2 amide bonds. The highest BCUT2D eigenvalue weighted by atomic mass is 16.3. The van der Waals surface area contributed by atoms with Crippen molar-refractivity contribution in [3.8, 4) is 11.1 Å². The molecule has 2 atom stereocenters. The number of nitrogens with zero attached hydrogens (tertiary/aromatic N) is 1. The van der Waals surface area contributed by atoms with Gasteiger partial charge < -0.3 is 20.4 Å². The molecule has 0 bridgehead atoms. The van der Waals surface area contributed by atoms with Gasteiger partial charge in [-0.3, -0.25) is 0 Å². The van der Waals surface area contributed by atoms with Crippen molar-refractivity contribution < 1.29 is 15.0 Å². The average Bonchev–Trinajstić information content (AvgIpc) is 2.58. The number of amides is 2. The van der Waals surface area contributed by atoms with Gasteiger partial charge in [0.2, 0.25) is 0 Å². The van der Waals surface area contributed by atoms with Gasteiger partial charge in [-0.2, -0.15) is 0 Å². The number of anilines is 1. The maximum Gasteiger partial charge on any atom is 0.321 e. The highest BCUT2D eigenvalue weighted by molar-refractivity contribution is 5.94. The number of carbonyl (C=O) groups is 1. The summed E-state index contributed by atoms with van der Waals surface area (Å²) in [4.78, 5) is 14.0. The molecule has 1 saturated heterocycles. The van der Waals surface area contributed by atoms with Crippen LogP contribution in [0.5, 0.6) is 0 Å². The van der Waals surface area contributed by atoms with Crippen molar-refractivity contribution in [3.63, 3.8) is 0 Å². The first-order valence-electron chi connectivity index (χ1n) is 7.71. The molecule has 2 aromatic rings. The topological polar surface area (TPSA) is 72.8 Å². The minimum Gasteiger partial charge on any atom is -0.390 e. The zero-order valence-corrected chi connectivity index (χ0v) is 12.7. The summed E-state index contributed by atoms with van der Waals surface area (Å²) >= 11 is 0. The third kappa shape index (κ3) is 3.52. The van der Waals surface area contributed by atoms with Crippen LogP contribution in [0.1, 0.15) is 6.42 Å². The van der Waals surface area contributed by atoms with Crippen LogP contribution in [0.25, 0.3) is 11.1 Å². The lowest BCUT2D eigenvalue weighted by Crippen LogP contribution is -2.50. The van der Waals surface area contributed by atoms with Crippen LogP contribution in [0.15, 0.2) is 54.6 Å². The molecular weight excluding hydrogens is 292 g/mol. The molecule has 3 N–H and O–H groups in total. The molecule has 5 heteroatoms. The lowest BCUT2D eigenvalue weighted by atomic mass is 10.0. The molecule has 1 aliphatic heterocycles. The second-order valence-electron chi connectivity index (χ2n) is 5.71. The number of likely N-dealkylation sites (tertiary alicyclic amines) is 1. The van der Waals surface area contributed by atoms with E-state index in [9.17, 15) is 15.0 Å². The Kier molecular flexibility index (Phi) is 4.60. The average molecular weight is 312 g/mol. The van der Waals surface area contributed by atoms with Gasteiger partial charge in [-0.15, -0.1) is 0 Å². The second-order valence-corrected chi connectivity index (χ2v) is 5.71. The Labute approximate surface area is 135 Å². The number of urea groups is 1. The number of aliphatic hydroxyl groups is 2. The number of para-hydroxylation sites is 1. The first-order valence-corrected chi connectivity index (χ1v) is 7.71. The van der Waals surface area contributed by atoms with Gasteiger partial charge in [0.05, 0.1) is 24.4 Å². The number of hydrogen-bond donors (Lipinski definition) is 3. The van der Waals surface area contributed by atoms with Crippen LogP contribution >= 0.6 is 0 Å². The molecule has 0 aliphatic carbocycles.